The number of fused-ring (bicyclic) bond motifs is 2. The first-order valence-electron chi connectivity index (χ1n) is 9.29. The molecule has 2 unspecified atom stereocenters. The highest BCUT2D eigenvalue weighted by molar-refractivity contribution is 7.89. The summed E-state index contributed by atoms with van der Waals surface area (Å²) in [6.45, 7) is 5.37. The molecule has 0 N–H and O–H groups in total. The molecule has 1 aliphatic heterocycles. The van der Waals surface area contributed by atoms with Crippen molar-refractivity contribution in [2.24, 2.45) is 16.7 Å². The second-order valence-electron chi connectivity index (χ2n) is 8.65. The van der Waals surface area contributed by atoms with Crippen LogP contribution >= 0.6 is 11.3 Å². The second kappa shape index (κ2) is 5.89. The quantitative estimate of drug-likeness (QED) is 0.800. The molecule has 2 saturated carbocycles. The number of ketones is 1. The Bertz CT molecular complexity index is 761. The minimum absolute atomic E-state index is 0.0193. The lowest BCUT2D eigenvalue weighted by molar-refractivity contribution is -0.128. The summed E-state index contributed by atoms with van der Waals surface area (Å²) in [7, 11) is -3.39. The predicted octanol–water partition coefficient (Wildman–Crippen LogP) is 3.65. The van der Waals surface area contributed by atoms with Gasteiger partial charge in [-0.2, -0.15) is 11.3 Å². The fraction of sp³-hybridized carbons (Fsp3) is 0.737. The summed E-state index contributed by atoms with van der Waals surface area (Å²) in [5.41, 5.74) is 0.499. The van der Waals surface area contributed by atoms with Gasteiger partial charge in [-0.1, -0.05) is 13.8 Å². The van der Waals surface area contributed by atoms with Crippen LogP contribution < -0.4 is 0 Å². The van der Waals surface area contributed by atoms with E-state index >= 15 is 0 Å². The van der Waals surface area contributed by atoms with Crippen LogP contribution in [0.5, 0.6) is 0 Å². The zero-order valence-corrected chi connectivity index (χ0v) is 16.7. The van der Waals surface area contributed by atoms with Crippen molar-refractivity contribution in [3.8, 4) is 0 Å². The van der Waals surface area contributed by atoms with Crippen LogP contribution in [-0.4, -0.2) is 37.3 Å². The van der Waals surface area contributed by atoms with Crippen LogP contribution in [0.3, 0.4) is 0 Å². The van der Waals surface area contributed by atoms with Crippen molar-refractivity contribution in [2.75, 3.05) is 18.8 Å². The molecule has 4 nitrogen and oxygen atoms in total. The number of nitrogens with zero attached hydrogens (tertiary/aromatic N) is 1. The first-order chi connectivity index (χ1) is 11.8. The second-order valence-corrected chi connectivity index (χ2v) is 11.4. The highest BCUT2D eigenvalue weighted by Crippen LogP contribution is 2.64. The average Bonchev–Trinajstić information content (AvgIpc) is 3.22. The van der Waals surface area contributed by atoms with Crippen molar-refractivity contribution < 1.29 is 13.2 Å². The van der Waals surface area contributed by atoms with Gasteiger partial charge in [-0.15, -0.1) is 0 Å². The number of sulfonamides is 1. The highest BCUT2D eigenvalue weighted by atomic mass is 32.2. The molecule has 0 amide bonds. The number of carbonyl (C=O) groups excluding carboxylic acids is 1. The molecule has 25 heavy (non-hydrogen) atoms. The van der Waals surface area contributed by atoms with E-state index in [2.05, 4.69) is 30.7 Å². The van der Waals surface area contributed by atoms with E-state index in [9.17, 15) is 13.2 Å². The van der Waals surface area contributed by atoms with Gasteiger partial charge in [0, 0.05) is 24.9 Å². The maximum absolute atomic E-state index is 13.1. The maximum atomic E-state index is 13.1. The topological polar surface area (TPSA) is 54.5 Å². The largest absolute Gasteiger partial charge is 0.299 e. The van der Waals surface area contributed by atoms with Crippen LogP contribution in [0, 0.1) is 16.7 Å². The first kappa shape index (κ1) is 17.7. The minimum atomic E-state index is -3.39. The molecule has 1 aromatic rings. The normalized spacial score (nSPS) is 33.2. The average molecular weight is 382 g/mol. The van der Waals surface area contributed by atoms with Crippen molar-refractivity contribution in [1.29, 1.82) is 0 Å². The number of piperidine rings is 1. The Labute approximate surface area is 154 Å². The van der Waals surface area contributed by atoms with Gasteiger partial charge in [-0.05, 0) is 65.3 Å². The summed E-state index contributed by atoms with van der Waals surface area (Å²) >= 11 is 1.70. The molecular weight excluding hydrogens is 354 g/mol. The fourth-order valence-electron chi connectivity index (χ4n) is 5.49. The molecule has 0 aromatic carbocycles. The Morgan fingerprint density at radius 3 is 2.48 bits per heavy atom. The Morgan fingerprint density at radius 2 is 1.96 bits per heavy atom. The van der Waals surface area contributed by atoms with Gasteiger partial charge in [0.2, 0.25) is 10.0 Å². The predicted molar refractivity (Wildman–Crippen MR) is 100 cm³/mol. The molecule has 3 aliphatic rings. The van der Waals surface area contributed by atoms with Crippen LogP contribution in [0.25, 0.3) is 0 Å². The molecule has 2 atom stereocenters. The standard InChI is InChI=1S/C19H27NO3S2/c1-18(2)16-3-7-19(18,17(21)11-16)13-25(22,23)20-8-4-14(5-9-20)15-6-10-24-12-15/h6,10,12,14,16H,3-5,7-9,11,13H2,1-2H3. The molecule has 0 spiro atoms. The van der Waals surface area contributed by atoms with E-state index in [0.717, 1.165) is 25.7 Å². The van der Waals surface area contributed by atoms with Crippen LogP contribution in [-0.2, 0) is 14.8 Å². The zero-order chi connectivity index (χ0) is 17.9. The first-order valence-corrected chi connectivity index (χ1v) is 11.8. The molecule has 2 heterocycles. The number of carbonyl (C=O) groups is 1. The van der Waals surface area contributed by atoms with E-state index in [0.29, 0.717) is 31.3 Å². The van der Waals surface area contributed by atoms with E-state index in [1.165, 1.54) is 5.56 Å². The zero-order valence-electron chi connectivity index (χ0n) is 15.0. The van der Waals surface area contributed by atoms with Crippen LogP contribution in [0.15, 0.2) is 16.8 Å². The van der Waals surface area contributed by atoms with Crippen molar-refractivity contribution in [2.45, 2.75) is 51.9 Å². The van der Waals surface area contributed by atoms with Crippen molar-refractivity contribution in [3.63, 3.8) is 0 Å². The van der Waals surface area contributed by atoms with Gasteiger partial charge in [0.15, 0.2) is 0 Å². The molecule has 6 heteroatoms. The molecule has 1 aromatic heterocycles. The number of thiophene rings is 1. The van der Waals surface area contributed by atoms with Crippen LogP contribution in [0.1, 0.15) is 57.4 Å². The van der Waals surface area contributed by atoms with Gasteiger partial charge < -0.3 is 0 Å². The van der Waals surface area contributed by atoms with Gasteiger partial charge in [0.05, 0.1) is 5.75 Å². The van der Waals surface area contributed by atoms with Gasteiger partial charge in [0.1, 0.15) is 5.78 Å². The third-order valence-electron chi connectivity index (χ3n) is 7.43. The SMILES string of the molecule is CC1(C)C2CCC1(CS(=O)(=O)N1CCC(c3ccsc3)CC1)C(=O)C2. The van der Waals surface area contributed by atoms with Gasteiger partial charge >= 0.3 is 0 Å². The lowest BCUT2D eigenvalue weighted by atomic mass is 9.70. The number of rotatable bonds is 4. The summed E-state index contributed by atoms with van der Waals surface area (Å²) in [5, 5.41) is 4.26. The molecule has 4 rings (SSSR count). The summed E-state index contributed by atoms with van der Waals surface area (Å²) in [6, 6.07) is 2.15. The van der Waals surface area contributed by atoms with Crippen molar-refractivity contribution in [1.82, 2.24) is 4.31 Å². The van der Waals surface area contributed by atoms with E-state index in [1.54, 1.807) is 15.6 Å². The molecule has 2 aliphatic carbocycles. The summed E-state index contributed by atoms with van der Waals surface area (Å²) < 4.78 is 27.9. The molecule has 1 saturated heterocycles. The van der Waals surface area contributed by atoms with E-state index in [-0.39, 0.29) is 17.0 Å². The van der Waals surface area contributed by atoms with E-state index in [4.69, 9.17) is 0 Å². The Morgan fingerprint density at radius 1 is 1.24 bits per heavy atom. The van der Waals surface area contributed by atoms with Crippen LogP contribution in [0.2, 0.25) is 0 Å². The van der Waals surface area contributed by atoms with Crippen molar-refractivity contribution in [3.05, 3.63) is 22.4 Å². The van der Waals surface area contributed by atoms with Gasteiger partial charge in [-0.3, -0.25) is 4.79 Å². The number of hydrogen-bond donors (Lipinski definition) is 0. The molecule has 138 valence electrons. The minimum Gasteiger partial charge on any atom is -0.299 e. The van der Waals surface area contributed by atoms with E-state index < -0.39 is 15.4 Å². The van der Waals surface area contributed by atoms with Crippen molar-refractivity contribution >= 4 is 27.1 Å². The van der Waals surface area contributed by atoms with Gasteiger partial charge in [0.25, 0.3) is 0 Å². The summed E-state index contributed by atoms with van der Waals surface area (Å²) in [5.74, 6) is 1.03. The maximum Gasteiger partial charge on any atom is 0.215 e. The Kier molecular flexibility index (Phi) is 4.17. The molecule has 0 radical (unpaired) electrons. The smallest absolute Gasteiger partial charge is 0.215 e. The lowest BCUT2D eigenvalue weighted by Gasteiger charge is -2.39. The Balaban J connectivity index is 1.49. The lowest BCUT2D eigenvalue weighted by Crippen LogP contribution is -2.48. The molecule has 2 bridgehead atoms. The number of Topliss-reactive ketones (excluding diaryl/α,β-unsaturated/α-hetero) is 1. The third kappa shape index (κ3) is 2.63. The monoisotopic (exact) mass is 381 g/mol. The Hall–Kier alpha value is -0.720. The highest BCUT2D eigenvalue weighted by Gasteiger charge is 2.65. The third-order valence-corrected chi connectivity index (χ3v) is 10.1. The van der Waals surface area contributed by atoms with E-state index in [1.807, 2.05) is 0 Å². The fourth-order valence-corrected chi connectivity index (χ4v) is 8.48. The summed E-state index contributed by atoms with van der Waals surface area (Å²) in [4.78, 5) is 12.7. The van der Waals surface area contributed by atoms with Gasteiger partial charge in [-0.25, -0.2) is 12.7 Å². The molecular formula is C19H27NO3S2. The molecule has 3 fully saturated rings. The number of hydrogen-bond acceptors (Lipinski definition) is 4. The van der Waals surface area contributed by atoms with Crippen LogP contribution in [0.4, 0.5) is 0 Å². The summed E-state index contributed by atoms with van der Waals surface area (Å²) in [6.07, 6.45) is 4.07.